The van der Waals surface area contributed by atoms with Crippen LogP contribution < -0.4 is 14.9 Å². The van der Waals surface area contributed by atoms with Gasteiger partial charge in [0.25, 0.3) is 0 Å². The molecule has 2 rings (SSSR count). The van der Waals surface area contributed by atoms with Gasteiger partial charge in [0.15, 0.2) is 11.5 Å². The number of hydrogen-bond acceptors (Lipinski definition) is 5. The predicted molar refractivity (Wildman–Crippen MR) is 117 cm³/mol. The van der Waals surface area contributed by atoms with Gasteiger partial charge >= 0.3 is 0 Å². The predicted octanol–water partition coefficient (Wildman–Crippen LogP) is 4.95. The molecule has 0 fully saturated rings. The Hall–Kier alpha value is -2.15. The van der Waals surface area contributed by atoms with E-state index in [0.29, 0.717) is 33.9 Å². The first-order valence-corrected chi connectivity index (χ1v) is 10.2. The number of ether oxygens (including phenoxy) is 2. The van der Waals surface area contributed by atoms with Crippen LogP contribution in [0.5, 0.6) is 11.5 Å². The molecule has 2 aromatic carbocycles. The molecule has 0 aliphatic rings. The Bertz CT molecular complexity index is 839. The maximum atomic E-state index is 11.9. The Balaban J connectivity index is 1.83. The monoisotopic (exact) mass is 438 g/mol. The van der Waals surface area contributed by atoms with Crippen molar-refractivity contribution in [2.45, 2.75) is 5.75 Å². The van der Waals surface area contributed by atoms with Crippen LogP contribution in [-0.4, -0.2) is 31.6 Å². The van der Waals surface area contributed by atoms with Crippen molar-refractivity contribution in [1.29, 1.82) is 0 Å². The molecule has 148 valence electrons. The highest BCUT2D eigenvalue weighted by Crippen LogP contribution is 2.28. The van der Waals surface area contributed by atoms with Crippen LogP contribution in [0.2, 0.25) is 10.0 Å². The fourth-order valence-electron chi connectivity index (χ4n) is 2.16. The Morgan fingerprint density at radius 1 is 1.25 bits per heavy atom. The van der Waals surface area contributed by atoms with Crippen molar-refractivity contribution in [1.82, 2.24) is 5.43 Å². The molecule has 0 bridgehead atoms. The zero-order chi connectivity index (χ0) is 20.4. The minimum atomic E-state index is -0.220. The van der Waals surface area contributed by atoms with Gasteiger partial charge in [0, 0.05) is 15.8 Å². The second kappa shape index (κ2) is 11.6. The van der Waals surface area contributed by atoms with Gasteiger partial charge in [0.05, 0.1) is 19.1 Å². The number of hydrazone groups is 1. The lowest BCUT2D eigenvalue weighted by Crippen LogP contribution is -2.19. The summed E-state index contributed by atoms with van der Waals surface area (Å²) in [7, 11) is 1.56. The summed E-state index contributed by atoms with van der Waals surface area (Å²) in [5.74, 6) is 1.74. The standard InChI is InChI=1S/C20H20Cl2N2O3S/c1-3-9-27-18-8-7-14(10-19(18)26-2)11-23-24-20(25)13-28-12-15-16(21)5-4-6-17(15)22/h3-8,10-11H,1,9,12-13H2,2H3,(H,24,25)/b23-11-. The molecule has 1 N–H and O–H groups in total. The van der Waals surface area contributed by atoms with Crippen LogP contribution in [0, 0.1) is 0 Å². The fourth-order valence-corrected chi connectivity index (χ4v) is 3.72. The number of amides is 1. The quantitative estimate of drug-likeness (QED) is 0.323. The second-order valence-corrected chi connectivity index (χ2v) is 7.30. The van der Waals surface area contributed by atoms with Gasteiger partial charge in [0.1, 0.15) is 6.61 Å². The Kier molecular flexibility index (Phi) is 9.20. The van der Waals surface area contributed by atoms with Crippen LogP contribution in [0.15, 0.2) is 54.2 Å². The number of hydrogen-bond donors (Lipinski definition) is 1. The van der Waals surface area contributed by atoms with Gasteiger partial charge in [0.2, 0.25) is 5.91 Å². The fraction of sp³-hybridized carbons (Fsp3) is 0.200. The first kappa shape index (κ1) is 22.1. The molecule has 2 aromatic rings. The van der Waals surface area contributed by atoms with Gasteiger partial charge in [-0.05, 0) is 41.5 Å². The van der Waals surface area contributed by atoms with Crippen LogP contribution in [-0.2, 0) is 10.5 Å². The third-order valence-corrected chi connectivity index (χ3v) is 5.16. The van der Waals surface area contributed by atoms with Gasteiger partial charge in [-0.15, -0.1) is 11.8 Å². The molecule has 0 atom stereocenters. The molecule has 0 heterocycles. The molecule has 0 aliphatic carbocycles. The molecule has 0 spiro atoms. The minimum Gasteiger partial charge on any atom is -0.493 e. The van der Waals surface area contributed by atoms with Crippen molar-refractivity contribution in [2.24, 2.45) is 5.10 Å². The summed E-state index contributed by atoms with van der Waals surface area (Å²) in [5, 5.41) is 5.15. The van der Waals surface area contributed by atoms with Crippen molar-refractivity contribution in [3.8, 4) is 11.5 Å². The van der Waals surface area contributed by atoms with Crippen molar-refractivity contribution in [3.63, 3.8) is 0 Å². The van der Waals surface area contributed by atoms with Crippen LogP contribution >= 0.6 is 35.0 Å². The molecule has 1 amide bonds. The van der Waals surface area contributed by atoms with Crippen molar-refractivity contribution < 1.29 is 14.3 Å². The average molecular weight is 439 g/mol. The van der Waals surface area contributed by atoms with Crippen molar-refractivity contribution >= 4 is 47.1 Å². The highest BCUT2D eigenvalue weighted by Gasteiger charge is 2.08. The number of nitrogens with one attached hydrogen (secondary N) is 1. The summed E-state index contributed by atoms with van der Waals surface area (Å²) < 4.78 is 10.8. The largest absolute Gasteiger partial charge is 0.493 e. The second-order valence-electron chi connectivity index (χ2n) is 5.50. The van der Waals surface area contributed by atoms with E-state index in [0.717, 1.165) is 11.1 Å². The molecule has 0 radical (unpaired) electrons. The molecule has 0 aliphatic heterocycles. The molecular formula is C20H20Cl2N2O3S. The van der Waals surface area contributed by atoms with Crippen LogP contribution in [0.4, 0.5) is 0 Å². The average Bonchev–Trinajstić information content (AvgIpc) is 2.69. The topological polar surface area (TPSA) is 59.9 Å². The van der Waals surface area contributed by atoms with Crippen LogP contribution in [0.25, 0.3) is 0 Å². The molecule has 0 aromatic heterocycles. The number of nitrogens with zero attached hydrogens (tertiary/aromatic N) is 1. The van der Waals surface area contributed by atoms with Crippen molar-refractivity contribution in [2.75, 3.05) is 19.5 Å². The summed E-state index contributed by atoms with van der Waals surface area (Å²) in [6.45, 7) is 4.00. The SMILES string of the molecule is C=CCOc1ccc(/C=N\NC(=O)CSCc2c(Cl)cccc2Cl)cc1OC. The molecule has 8 heteroatoms. The number of methoxy groups -OCH3 is 1. The molecule has 5 nitrogen and oxygen atoms in total. The number of carbonyl (C=O) groups is 1. The van der Waals surface area contributed by atoms with Gasteiger partial charge in [-0.2, -0.15) is 5.10 Å². The van der Waals surface area contributed by atoms with Crippen LogP contribution in [0.1, 0.15) is 11.1 Å². The van der Waals surface area contributed by atoms with E-state index >= 15 is 0 Å². The highest BCUT2D eigenvalue weighted by molar-refractivity contribution is 7.99. The van der Waals surface area contributed by atoms with E-state index in [-0.39, 0.29) is 11.7 Å². The van der Waals surface area contributed by atoms with Gasteiger partial charge in [-0.3, -0.25) is 4.79 Å². The van der Waals surface area contributed by atoms with E-state index in [1.165, 1.54) is 18.0 Å². The summed E-state index contributed by atoms with van der Waals surface area (Å²) in [4.78, 5) is 11.9. The lowest BCUT2D eigenvalue weighted by atomic mass is 10.2. The third-order valence-electron chi connectivity index (χ3n) is 3.49. The first-order chi connectivity index (χ1) is 13.5. The minimum absolute atomic E-state index is 0.220. The summed E-state index contributed by atoms with van der Waals surface area (Å²) >= 11 is 13.6. The van der Waals surface area contributed by atoms with Gasteiger partial charge in [-0.25, -0.2) is 5.43 Å². The maximum absolute atomic E-state index is 11.9. The number of halogens is 2. The zero-order valence-corrected chi connectivity index (χ0v) is 17.6. The maximum Gasteiger partial charge on any atom is 0.250 e. The normalized spacial score (nSPS) is 10.7. The summed E-state index contributed by atoms with van der Waals surface area (Å²) in [6.07, 6.45) is 3.19. The molecule has 0 saturated carbocycles. The molecular weight excluding hydrogens is 419 g/mol. The van der Waals surface area contributed by atoms with E-state index < -0.39 is 0 Å². The Morgan fingerprint density at radius 3 is 2.68 bits per heavy atom. The first-order valence-electron chi connectivity index (χ1n) is 8.29. The highest BCUT2D eigenvalue weighted by atomic mass is 35.5. The summed E-state index contributed by atoms with van der Waals surface area (Å²) in [5.41, 5.74) is 4.07. The summed E-state index contributed by atoms with van der Waals surface area (Å²) in [6, 6.07) is 10.7. The zero-order valence-electron chi connectivity index (χ0n) is 15.3. The van der Waals surface area contributed by atoms with Gasteiger partial charge < -0.3 is 9.47 Å². The number of carbonyl (C=O) groups excluding carboxylic acids is 1. The van der Waals surface area contributed by atoms with E-state index in [1.54, 1.807) is 43.5 Å². The van der Waals surface area contributed by atoms with Gasteiger partial charge in [-0.1, -0.05) is 41.9 Å². The molecule has 28 heavy (non-hydrogen) atoms. The molecule has 0 saturated heterocycles. The van der Waals surface area contributed by atoms with Crippen LogP contribution in [0.3, 0.4) is 0 Å². The lowest BCUT2D eigenvalue weighted by Gasteiger charge is -2.09. The Labute approximate surface area is 178 Å². The number of thioether (sulfide) groups is 1. The Morgan fingerprint density at radius 2 is 2.00 bits per heavy atom. The number of rotatable bonds is 10. The lowest BCUT2D eigenvalue weighted by molar-refractivity contribution is -0.118. The third kappa shape index (κ3) is 6.78. The van der Waals surface area contributed by atoms with E-state index in [2.05, 4.69) is 17.1 Å². The smallest absolute Gasteiger partial charge is 0.250 e. The van der Waals surface area contributed by atoms with E-state index in [9.17, 15) is 4.79 Å². The molecule has 0 unspecified atom stereocenters. The van der Waals surface area contributed by atoms with E-state index in [4.69, 9.17) is 32.7 Å². The number of benzene rings is 2. The van der Waals surface area contributed by atoms with Crippen molar-refractivity contribution in [3.05, 3.63) is 70.2 Å². The van der Waals surface area contributed by atoms with E-state index in [1.807, 2.05) is 6.07 Å².